The fourth-order valence-corrected chi connectivity index (χ4v) is 4.63. The van der Waals surface area contributed by atoms with Gasteiger partial charge in [-0.15, -0.1) is 0 Å². The van der Waals surface area contributed by atoms with E-state index in [2.05, 4.69) is 14.3 Å². The number of anilines is 1. The highest BCUT2D eigenvalue weighted by Crippen LogP contribution is 2.33. The van der Waals surface area contributed by atoms with E-state index in [1.54, 1.807) is 6.07 Å². The summed E-state index contributed by atoms with van der Waals surface area (Å²) in [5.74, 6) is -1.12. The number of nitrogens with one attached hydrogen (secondary N) is 1. The number of aromatic amines is 1. The number of hydrogen-bond acceptors (Lipinski definition) is 5. The van der Waals surface area contributed by atoms with Gasteiger partial charge in [-0.05, 0) is 30.3 Å². The first-order valence-corrected chi connectivity index (χ1v) is 9.91. The zero-order valence-electron chi connectivity index (χ0n) is 13.8. The van der Waals surface area contributed by atoms with Crippen LogP contribution in [0.4, 0.5) is 13.9 Å². The van der Waals surface area contributed by atoms with Crippen LogP contribution in [-0.2, 0) is 10.0 Å². The van der Waals surface area contributed by atoms with E-state index in [1.807, 2.05) is 0 Å². The lowest BCUT2D eigenvalue weighted by molar-refractivity contribution is 0.594. The number of fused-ring (bicyclic) bond motifs is 1. The van der Waals surface area contributed by atoms with Crippen LogP contribution in [0.3, 0.4) is 0 Å². The quantitative estimate of drug-likeness (QED) is 0.559. The molecule has 2 aromatic carbocycles. The third-order valence-corrected chi connectivity index (χ3v) is 6.75. The van der Waals surface area contributed by atoms with Crippen molar-refractivity contribution in [2.75, 3.05) is 11.4 Å². The van der Waals surface area contributed by atoms with E-state index in [-0.39, 0.29) is 15.6 Å². The Labute approximate surface area is 157 Å². The summed E-state index contributed by atoms with van der Waals surface area (Å²) in [7, 11) is -2.45. The number of rotatable bonds is 4. The molecule has 0 fully saturated rings. The number of nitrogens with zero attached hydrogens (tertiary/aromatic N) is 3. The van der Waals surface area contributed by atoms with Gasteiger partial charge < -0.3 is 4.98 Å². The largest absolute Gasteiger partial charge is 0.361 e. The molecule has 0 atom stereocenters. The Morgan fingerprint density at radius 2 is 1.93 bits per heavy atom. The van der Waals surface area contributed by atoms with Crippen molar-refractivity contribution in [3.05, 3.63) is 60.6 Å². The summed E-state index contributed by atoms with van der Waals surface area (Å²) in [6.07, 6.45) is 2.80. The molecule has 0 saturated carbocycles. The van der Waals surface area contributed by atoms with Crippen molar-refractivity contribution in [1.29, 1.82) is 0 Å². The number of hydrogen-bond donors (Lipinski definition) is 1. The zero-order valence-corrected chi connectivity index (χ0v) is 15.5. The predicted molar refractivity (Wildman–Crippen MR) is 99.1 cm³/mol. The van der Waals surface area contributed by atoms with E-state index in [0.29, 0.717) is 16.5 Å². The van der Waals surface area contributed by atoms with E-state index in [1.165, 1.54) is 31.7 Å². The average molecular weight is 406 g/mol. The molecule has 0 bridgehead atoms. The Kier molecular flexibility index (Phi) is 4.16. The van der Waals surface area contributed by atoms with Crippen molar-refractivity contribution in [3.63, 3.8) is 0 Å². The molecular weight excluding hydrogens is 394 g/mol. The van der Waals surface area contributed by atoms with E-state index in [4.69, 9.17) is 0 Å². The molecule has 2 heterocycles. The molecule has 27 heavy (non-hydrogen) atoms. The van der Waals surface area contributed by atoms with Gasteiger partial charge in [-0.1, -0.05) is 6.07 Å². The molecule has 4 aromatic rings. The SMILES string of the molecule is CN(c1ncns1)S(=O)(=O)c1ccc2c(-c3cc(F)ccc3F)c[nH]c2c1. The molecule has 0 radical (unpaired) electrons. The Hall–Kier alpha value is -2.85. The lowest BCUT2D eigenvalue weighted by atomic mass is 10.0. The van der Waals surface area contributed by atoms with Gasteiger partial charge in [0.1, 0.15) is 18.0 Å². The molecule has 6 nitrogen and oxygen atoms in total. The first-order valence-electron chi connectivity index (χ1n) is 7.70. The van der Waals surface area contributed by atoms with Gasteiger partial charge in [0, 0.05) is 46.8 Å². The molecule has 0 unspecified atom stereocenters. The van der Waals surface area contributed by atoms with Crippen molar-refractivity contribution >= 4 is 37.6 Å². The number of aromatic nitrogens is 3. The molecular formula is C17H12F2N4O2S2. The van der Waals surface area contributed by atoms with Gasteiger partial charge in [0.25, 0.3) is 10.0 Å². The van der Waals surface area contributed by atoms with Crippen LogP contribution in [-0.4, -0.2) is 29.8 Å². The van der Waals surface area contributed by atoms with Crippen LogP contribution in [0.1, 0.15) is 0 Å². The molecule has 0 aliphatic carbocycles. The lowest BCUT2D eigenvalue weighted by Gasteiger charge is -2.15. The molecule has 0 aliphatic rings. The molecule has 0 aliphatic heterocycles. The monoisotopic (exact) mass is 406 g/mol. The minimum absolute atomic E-state index is 0.0424. The van der Waals surface area contributed by atoms with Crippen LogP contribution < -0.4 is 4.31 Å². The second-order valence-electron chi connectivity index (χ2n) is 5.73. The van der Waals surface area contributed by atoms with Crippen molar-refractivity contribution in [1.82, 2.24) is 14.3 Å². The first kappa shape index (κ1) is 17.6. The normalized spacial score (nSPS) is 11.8. The van der Waals surface area contributed by atoms with Crippen molar-refractivity contribution in [2.45, 2.75) is 4.90 Å². The van der Waals surface area contributed by atoms with Crippen molar-refractivity contribution in [3.8, 4) is 11.1 Å². The molecule has 138 valence electrons. The third kappa shape index (κ3) is 2.96. The smallest absolute Gasteiger partial charge is 0.265 e. The molecule has 0 saturated heterocycles. The second-order valence-corrected chi connectivity index (χ2v) is 8.46. The predicted octanol–water partition coefficient (Wildman–Crippen LogP) is 3.79. The number of sulfonamides is 1. The molecule has 10 heteroatoms. The van der Waals surface area contributed by atoms with E-state index in [0.717, 1.165) is 34.0 Å². The van der Waals surface area contributed by atoms with Gasteiger partial charge in [0.15, 0.2) is 0 Å². The Morgan fingerprint density at radius 1 is 1.11 bits per heavy atom. The minimum atomic E-state index is -3.84. The number of benzene rings is 2. The van der Waals surface area contributed by atoms with Gasteiger partial charge >= 0.3 is 0 Å². The standard InChI is InChI=1S/C17H12F2N4O2S2/c1-23(17-21-9-22-26-17)27(24,25)11-3-4-12-14(8-20-16(12)7-11)13-6-10(18)2-5-15(13)19/h2-9,20H,1H3. The van der Waals surface area contributed by atoms with Crippen LogP contribution in [0.5, 0.6) is 0 Å². The summed E-state index contributed by atoms with van der Waals surface area (Å²) < 4.78 is 58.0. The van der Waals surface area contributed by atoms with Gasteiger partial charge in [-0.2, -0.15) is 4.37 Å². The summed E-state index contributed by atoms with van der Waals surface area (Å²) in [4.78, 5) is 6.87. The highest BCUT2D eigenvalue weighted by atomic mass is 32.2. The number of H-pyrrole nitrogens is 1. The van der Waals surface area contributed by atoms with E-state index >= 15 is 0 Å². The molecule has 4 rings (SSSR count). The maximum atomic E-state index is 14.1. The summed E-state index contributed by atoms with van der Waals surface area (Å²) in [5, 5.41) is 0.820. The Bertz CT molecular complexity index is 1240. The highest BCUT2D eigenvalue weighted by molar-refractivity contribution is 7.93. The highest BCUT2D eigenvalue weighted by Gasteiger charge is 2.24. The van der Waals surface area contributed by atoms with Crippen LogP contribution in [0.15, 0.2) is 53.8 Å². The zero-order chi connectivity index (χ0) is 19.2. The minimum Gasteiger partial charge on any atom is -0.361 e. The molecule has 0 spiro atoms. The summed E-state index contributed by atoms with van der Waals surface area (Å²) in [6, 6.07) is 7.63. The summed E-state index contributed by atoms with van der Waals surface area (Å²) in [5.41, 5.74) is 1.03. The summed E-state index contributed by atoms with van der Waals surface area (Å²) >= 11 is 0.961. The first-order chi connectivity index (χ1) is 12.9. The van der Waals surface area contributed by atoms with Gasteiger partial charge in [-0.3, -0.25) is 0 Å². The number of halogens is 2. The lowest BCUT2D eigenvalue weighted by Crippen LogP contribution is -2.26. The average Bonchev–Trinajstić information content (AvgIpc) is 3.32. The van der Waals surface area contributed by atoms with Crippen LogP contribution >= 0.6 is 11.5 Å². The van der Waals surface area contributed by atoms with Crippen molar-refractivity contribution in [2.24, 2.45) is 0 Å². The molecule has 2 aromatic heterocycles. The van der Waals surface area contributed by atoms with Gasteiger partial charge in [0.05, 0.1) is 4.90 Å². The maximum absolute atomic E-state index is 14.1. The van der Waals surface area contributed by atoms with E-state index in [9.17, 15) is 17.2 Å². The van der Waals surface area contributed by atoms with Gasteiger partial charge in [0.2, 0.25) is 5.13 Å². The molecule has 0 amide bonds. The Morgan fingerprint density at radius 3 is 2.67 bits per heavy atom. The summed E-state index contributed by atoms with van der Waals surface area (Å²) in [6.45, 7) is 0. The second kappa shape index (κ2) is 6.39. The molecule has 1 N–H and O–H groups in total. The van der Waals surface area contributed by atoms with Gasteiger partial charge in [-0.25, -0.2) is 26.5 Å². The van der Waals surface area contributed by atoms with Crippen LogP contribution in [0.25, 0.3) is 22.0 Å². The van der Waals surface area contributed by atoms with E-state index < -0.39 is 21.7 Å². The van der Waals surface area contributed by atoms with Crippen molar-refractivity contribution < 1.29 is 17.2 Å². The fourth-order valence-electron chi connectivity index (χ4n) is 2.76. The maximum Gasteiger partial charge on any atom is 0.265 e. The fraction of sp³-hybridized carbons (Fsp3) is 0.0588. The third-order valence-electron chi connectivity index (χ3n) is 4.15. The van der Waals surface area contributed by atoms with Crippen LogP contribution in [0.2, 0.25) is 0 Å². The topological polar surface area (TPSA) is 79.0 Å². The van der Waals surface area contributed by atoms with Crippen LogP contribution in [0, 0.1) is 11.6 Å². The Balaban J connectivity index is 1.80.